The molecule has 0 aliphatic heterocycles. The summed E-state index contributed by atoms with van der Waals surface area (Å²) in [6, 6.07) is 17.9. The molecule has 4 nitrogen and oxygen atoms in total. The minimum atomic E-state index is -0.0129. The third kappa shape index (κ3) is 5.70. The van der Waals surface area contributed by atoms with Gasteiger partial charge in [-0.25, -0.2) is 0 Å². The van der Waals surface area contributed by atoms with Gasteiger partial charge in [0.15, 0.2) is 0 Å². The molecule has 24 heavy (non-hydrogen) atoms. The van der Waals surface area contributed by atoms with Crippen molar-refractivity contribution >= 4 is 11.6 Å². The Morgan fingerprint density at radius 1 is 1.08 bits per heavy atom. The van der Waals surface area contributed by atoms with Gasteiger partial charge in [0.2, 0.25) is 5.91 Å². The standard InChI is InChI=1S/C20H26N2O2/c1-3-22(15-9-12-17-10-5-4-6-11-17)16-20(23)21-18-13-7-8-14-19(18)24-2/h4-8,10-11,13-14H,3,9,12,15-16H2,1-2H3,(H,21,23). The molecule has 0 bridgehead atoms. The fourth-order valence-electron chi connectivity index (χ4n) is 2.64. The molecular formula is C20H26N2O2. The number of aryl methyl sites for hydroxylation is 1. The quantitative estimate of drug-likeness (QED) is 0.766. The molecule has 0 saturated carbocycles. The Morgan fingerprint density at radius 3 is 2.50 bits per heavy atom. The lowest BCUT2D eigenvalue weighted by Gasteiger charge is -2.20. The summed E-state index contributed by atoms with van der Waals surface area (Å²) in [4.78, 5) is 14.4. The summed E-state index contributed by atoms with van der Waals surface area (Å²) in [7, 11) is 1.60. The Morgan fingerprint density at radius 2 is 1.79 bits per heavy atom. The van der Waals surface area contributed by atoms with Crippen LogP contribution in [0.1, 0.15) is 18.9 Å². The Labute approximate surface area is 144 Å². The third-order valence-electron chi connectivity index (χ3n) is 3.98. The molecule has 0 atom stereocenters. The molecule has 128 valence electrons. The number of likely N-dealkylation sites (N-methyl/N-ethyl adjacent to an activating group) is 1. The van der Waals surface area contributed by atoms with E-state index in [4.69, 9.17) is 4.74 Å². The van der Waals surface area contributed by atoms with Gasteiger partial charge in [0.25, 0.3) is 0 Å². The Balaban J connectivity index is 1.80. The SMILES string of the molecule is CCN(CCCc1ccccc1)CC(=O)Nc1ccccc1OC. The number of hydrogen-bond acceptors (Lipinski definition) is 3. The molecule has 0 heterocycles. The van der Waals surface area contributed by atoms with Gasteiger partial charge in [-0.3, -0.25) is 9.69 Å². The van der Waals surface area contributed by atoms with Crippen LogP contribution < -0.4 is 10.1 Å². The van der Waals surface area contributed by atoms with E-state index in [-0.39, 0.29) is 5.91 Å². The number of benzene rings is 2. The van der Waals surface area contributed by atoms with E-state index >= 15 is 0 Å². The Hall–Kier alpha value is -2.33. The number of amides is 1. The molecule has 0 spiro atoms. The van der Waals surface area contributed by atoms with Crippen LogP contribution in [0.2, 0.25) is 0 Å². The minimum Gasteiger partial charge on any atom is -0.495 e. The van der Waals surface area contributed by atoms with Gasteiger partial charge >= 0.3 is 0 Å². The van der Waals surface area contributed by atoms with Crippen LogP contribution in [-0.4, -0.2) is 37.6 Å². The van der Waals surface area contributed by atoms with Crippen LogP contribution in [0.15, 0.2) is 54.6 Å². The lowest BCUT2D eigenvalue weighted by Crippen LogP contribution is -2.34. The molecular weight excluding hydrogens is 300 g/mol. The number of hydrogen-bond donors (Lipinski definition) is 1. The average molecular weight is 326 g/mol. The maximum Gasteiger partial charge on any atom is 0.238 e. The highest BCUT2D eigenvalue weighted by atomic mass is 16.5. The van der Waals surface area contributed by atoms with E-state index < -0.39 is 0 Å². The number of carbonyl (C=O) groups is 1. The van der Waals surface area contributed by atoms with E-state index in [0.29, 0.717) is 18.0 Å². The number of nitrogens with zero attached hydrogens (tertiary/aromatic N) is 1. The fraction of sp³-hybridized carbons (Fsp3) is 0.350. The minimum absolute atomic E-state index is 0.0129. The Bertz CT molecular complexity index is 629. The molecule has 2 aromatic carbocycles. The van der Waals surface area contributed by atoms with E-state index in [9.17, 15) is 4.79 Å². The summed E-state index contributed by atoms with van der Waals surface area (Å²) in [5, 5.41) is 2.93. The largest absolute Gasteiger partial charge is 0.495 e. The molecule has 4 heteroatoms. The van der Waals surface area contributed by atoms with Crippen molar-refractivity contribution < 1.29 is 9.53 Å². The van der Waals surface area contributed by atoms with E-state index in [0.717, 1.165) is 25.9 Å². The second kappa shape index (κ2) is 9.73. The first-order valence-electron chi connectivity index (χ1n) is 8.42. The van der Waals surface area contributed by atoms with Crippen molar-refractivity contribution in [1.29, 1.82) is 0 Å². The van der Waals surface area contributed by atoms with Crippen molar-refractivity contribution in [3.63, 3.8) is 0 Å². The van der Waals surface area contributed by atoms with Gasteiger partial charge in [-0.2, -0.15) is 0 Å². The van der Waals surface area contributed by atoms with E-state index in [1.54, 1.807) is 7.11 Å². The molecule has 0 radical (unpaired) electrons. The second-order valence-electron chi connectivity index (χ2n) is 5.71. The van der Waals surface area contributed by atoms with Crippen LogP contribution >= 0.6 is 0 Å². The summed E-state index contributed by atoms with van der Waals surface area (Å²) in [6.45, 7) is 4.24. The zero-order valence-electron chi connectivity index (χ0n) is 14.5. The predicted octanol–water partition coefficient (Wildman–Crippen LogP) is 3.59. The predicted molar refractivity (Wildman–Crippen MR) is 98.5 cm³/mol. The van der Waals surface area contributed by atoms with Crippen LogP contribution in [0.3, 0.4) is 0 Å². The molecule has 1 amide bonds. The zero-order chi connectivity index (χ0) is 17.2. The van der Waals surface area contributed by atoms with Gasteiger partial charge in [-0.1, -0.05) is 49.4 Å². The van der Waals surface area contributed by atoms with Crippen molar-refractivity contribution in [3.05, 3.63) is 60.2 Å². The van der Waals surface area contributed by atoms with Gasteiger partial charge in [-0.05, 0) is 43.6 Å². The number of carbonyl (C=O) groups excluding carboxylic acids is 1. The van der Waals surface area contributed by atoms with Gasteiger partial charge in [-0.15, -0.1) is 0 Å². The highest BCUT2D eigenvalue weighted by Crippen LogP contribution is 2.22. The van der Waals surface area contributed by atoms with E-state index in [1.807, 2.05) is 30.3 Å². The smallest absolute Gasteiger partial charge is 0.238 e. The average Bonchev–Trinajstić information content (AvgIpc) is 2.62. The monoisotopic (exact) mass is 326 g/mol. The van der Waals surface area contributed by atoms with Crippen molar-refractivity contribution in [2.75, 3.05) is 32.1 Å². The highest BCUT2D eigenvalue weighted by molar-refractivity contribution is 5.93. The summed E-state index contributed by atoms with van der Waals surface area (Å²) in [6.07, 6.45) is 2.07. The summed E-state index contributed by atoms with van der Waals surface area (Å²) in [5.74, 6) is 0.666. The number of rotatable bonds is 9. The molecule has 0 aromatic heterocycles. The van der Waals surface area contributed by atoms with Crippen LogP contribution in [0.25, 0.3) is 0 Å². The summed E-state index contributed by atoms with van der Waals surface area (Å²) >= 11 is 0. The first-order valence-corrected chi connectivity index (χ1v) is 8.42. The summed E-state index contributed by atoms with van der Waals surface area (Å²) < 4.78 is 5.26. The molecule has 0 saturated heterocycles. The maximum absolute atomic E-state index is 12.3. The van der Waals surface area contributed by atoms with Crippen molar-refractivity contribution in [2.45, 2.75) is 19.8 Å². The third-order valence-corrected chi connectivity index (χ3v) is 3.98. The lowest BCUT2D eigenvalue weighted by molar-refractivity contribution is -0.117. The van der Waals surface area contributed by atoms with Gasteiger partial charge in [0.05, 0.1) is 19.3 Å². The number of para-hydroxylation sites is 2. The van der Waals surface area contributed by atoms with Gasteiger partial charge in [0, 0.05) is 0 Å². The number of nitrogens with one attached hydrogen (secondary N) is 1. The Kier molecular flexibility index (Phi) is 7.30. The summed E-state index contributed by atoms with van der Waals surface area (Å²) in [5.41, 5.74) is 2.05. The van der Waals surface area contributed by atoms with Gasteiger partial charge < -0.3 is 10.1 Å². The second-order valence-corrected chi connectivity index (χ2v) is 5.71. The van der Waals surface area contributed by atoms with Crippen molar-refractivity contribution in [2.24, 2.45) is 0 Å². The van der Waals surface area contributed by atoms with Crippen molar-refractivity contribution in [3.8, 4) is 5.75 Å². The number of anilines is 1. The topological polar surface area (TPSA) is 41.6 Å². The lowest BCUT2D eigenvalue weighted by atomic mass is 10.1. The highest BCUT2D eigenvalue weighted by Gasteiger charge is 2.11. The molecule has 0 aliphatic rings. The number of methoxy groups -OCH3 is 1. The molecule has 2 aromatic rings. The number of ether oxygens (including phenoxy) is 1. The fourth-order valence-corrected chi connectivity index (χ4v) is 2.64. The van der Waals surface area contributed by atoms with E-state index in [2.05, 4.69) is 41.4 Å². The van der Waals surface area contributed by atoms with Crippen LogP contribution in [0.5, 0.6) is 5.75 Å². The molecule has 0 fully saturated rings. The van der Waals surface area contributed by atoms with Gasteiger partial charge in [0.1, 0.15) is 5.75 Å². The normalized spacial score (nSPS) is 10.6. The molecule has 1 N–H and O–H groups in total. The first-order chi connectivity index (χ1) is 11.7. The van der Waals surface area contributed by atoms with Crippen LogP contribution in [0, 0.1) is 0 Å². The molecule has 0 aliphatic carbocycles. The zero-order valence-corrected chi connectivity index (χ0v) is 14.5. The first kappa shape index (κ1) is 18.0. The van der Waals surface area contributed by atoms with Crippen molar-refractivity contribution in [1.82, 2.24) is 4.90 Å². The molecule has 2 rings (SSSR count). The van der Waals surface area contributed by atoms with Crippen LogP contribution in [0.4, 0.5) is 5.69 Å². The molecule has 0 unspecified atom stereocenters. The van der Waals surface area contributed by atoms with Crippen LogP contribution in [-0.2, 0) is 11.2 Å². The maximum atomic E-state index is 12.3. The van der Waals surface area contributed by atoms with E-state index in [1.165, 1.54) is 5.56 Å².